The number of anilines is 1. The number of nitrogens with one attached hydrogen (secondary N) is 1. The van der Waals surface area contributed by atoms with Crippen molar-refractivity contribution in [2.45, 2.75) is 38.5 Å². The summed E-state index contributed by atoms with van der Waals surface area (Å²) in [5.74, 6) is 1.29. The first-order chi connectivity index (χ1) is 12.7. The molecule has 142 valence electrons. The summed E-state index contributed by atoms with van der Waals surface area (Å²) in [6.45, 7) is 3.45. The van der Waals surface area contributed by atoms with Crippen LogP contribution in [0.1, 0.15) is 38.5 Å². The molecule has 2 fully saturated rings. The molecule has 2 aliphatic heterocycles. The van der Waals surface area contributed by atoms with E-state index in [0.717, 1.165) is 69.7 Å². The van der Waals surface area contributed by atoms with E-state index < -0.39 is 0 Å². The lowest BCUT2D eigenvalue weighted by molar-refractivity contribution is -0.116. The van der Waals surface area contributed by atoms with E-state index in [9.17, 15) is 9.59 Å². The number of nitrogens with zero attached hydrogens (tertiary/aromatic N) is 2. The van der Waals surface area contributed by atoms with Gasteiger partial charge in [-0.1, -0.05) is 6.07 Å². The molecule has 0 atom stereocenters. The SMILES string of the molecule is COc1cccc(NC(=O)CCC2CCN(C(=O)N3CCCC3)CC2)c1. The number of methoxy groups -OCH3 is 1. The van der Waals surface area contributed by atoms with Gasteiger partial charge < -0.3 is 19.9 Å². The number of urea groups is 1. The van der Waals surface area contributed by atoms with Crippen LogP contribution in [-0.2, 0) is 4.79 Å². The molecule has 1 aromatic carbocycles. The van der Waals surface area contributed by atoms with Gasteiger partial charge in [0, 0.05) is 44.4 Å². The molecule has 0 unspecified atom stereocenters. The maximum Gasteiger partial charge on any atom is 0.319 e. The minimum absolute atomic E-state index is 0.0359. The number of hydrogen-bond donors (Lipinski definition) is 1. The Hall–Kier alpha value is -2.24. The lowest BCUT2D eigenvalue weighted by Crippen LogP contribution is -2.45. The molecule has 0 saturated carbocycles. The Labute approximate surface area is 155 Å². The highest BCUT2D eigenvalue weighted by molar-refractivity contribution is 5.90. The van der Waals surface area contributed by atoms with Gasteiger partial charge in [0.05, 0.1) is 7.11 Å². The van der Waals surface area contributed by atoms with Crippen LogP contribution < -0.4 is 10.1 Å². The minimum atomic E-state index is 0.0359. The number of rotatable bonds is 5. The lowest BCUT2D eigenvalue weighted by Gasteiger charge is -2.34. The van der Waals surface area contributed by atoms with E-state index in [4.69, 9.17) is 4.74 Å². The van der Waals surface area contributed by atoms with E-state index in [1.807, 2.05) is 34.1 Å². The van der Waals surface area contributed by atoms with Crippen LogP contribution in [0, 0.1) is 5.92 Å². The van der Waals surface area contributed by atoms with Crippen molar-refractivity contribution in [2.75, 3.05) is 38.6 Å². The van der Waals surface area contributed by atoms with Gasteiger partial charge in [-0.3, -0.25) is 4.79 Å². The molecular weight excluding hydrogens is 330 g/mol. The van der Waals surface area contributed by atoms with E-state index in [1.165, 1.54) is 0 Å². The summed E-state index contributed by atoms with van der Waals surface area (Å²) in [6, 6.07) is 7.61. The number of ether oxygens (including phenoxy) is 1. The summed E-state index contributed by atoms with van der Waals surface area (Å²) in [5, 5.41) is 2.93. The summed E-state index contributed by atoms with van der Waals surface area (Å²) in [6.07, 6.45) is 5.64. The molecule has 0 spiro atoms. The van der Waals surface area contributed by atoms with Gasteiger partial charge in [0.15, 0.2) is 0 Å². The Bertz CT molecular complexity index is 620. The molecule has 1 aromatic rings. The van der Waals surface area contributed by atoms with Crippen molar-refractivity contribution >= 4 is 17.6 Å². The van der Waals surface area contributed by atoms with Crippen LogP contribution in [0.2, 0.25) is 0 Å². The molecule has 0 aromatic heterocycles. The molecule has 6 nitrogen and oxygen atoms in total. The standard InChI is InChI=1S/C20H29N3O3/c1-26-18-6-4-5-17(15-18)21-19(24)8-7-16-9-13-23(14-10-16)20(25)22-11-2-3-12-22/h4-6,15-16H,2-3,7-14H2,1H3,(H,21,24). The summed E-state index contributed by atoms with van der Waals surface area (Å²) >= 11 is 0. The first-order valence-corrected chi connectivity index (χ1v) is 9.63. The normalized spacial score (nSPS) is 18.0. The topological polar surface area (TPSA) is 61.9 Å². The fourth-order valence-electron chi connectivity index (χ4n) is 3.78. The number of carbonyl (C=O) groups is 2. The highest BCUT2D eigenvalue weighted by Gasteiger charge is 2.27. The van der Waals surface area contributed by atoms with Crippen LogP contribution >= 0.6 is 0 Å². The van der Waals surface area contributed by atoms with Crippen LogP contribution in [0.3, 0.4) is 0 Å². The third-order valence-corrected chi connectivity index (χ3v) is 5.39. The molecule has 0 bridgehead atoms. The number of benzene rings is 1. The fraction of sp³-hybridized carbons (Fsp3) is 0.600. The van der Waals surface area contributed by atoms with Gasteiger partial charge in [0.1, 0.15) is 5.75 Å². The van der Waals surface area contributed by atoms with Gasteiger partial charge in [0.25, 0.3) is 0 Å². The maximum absolute atomic E-state index is 12.4. The average molecular weight is 359 g/mol. The van der Waals surface area contributed by atoms with Gasteiger partial charge >= 0.3 is 6.03 Å². The smallest absolute Gasteiger partial charge is 0.319 e. The zero-order chi connectivity index (χ0) is 18.4. The van der Waals surface area contributed by atoms with Crippen molar-refractivity contribution in [3.8, 4) is 5.75 Å². The molecule has 26 heavy (non-hydrogen) atoms. The Morgan fingerprint density at radius 2 is 1.81 bits per heavy atom. The molecule has 1 N–H and O–H groups in total. The van der Waals surface area contributed by atoms with Crippen LogP contribution in [0.5, 0.6) is 5.75 Å². The van der Waals surface area contributed by atoms with Gasteiger partial charge in [0.2, 0.25) is 5.91 Å². The molecule has 2 heterocycles. The second kappa shape index (κ2) is 8.92. The van der Waals surface area contributed by atoms with Crippen LogP contribution in [-0.4, -0.2) is 55.0 Å². The van der Waals surface area contributed by atoms with Crippen molar-refractivity contribution in [1.29, 1.82) is 0 Å². The fourth-order valence-corrected chi connectivity index (χ4v) is 3.78. The molecule has 3 rings (SSSR count). The first-order valence-electron chi connectivity index (χ1n) is 9.63. The average Bonchev–Trinajstić information content (AvgIpc) is 3.21. The number of hydrogen-bond acceptors (Lipinski definition) is 3. The number of likely N-dealkylation sites (tertiary alicyclic amines) is 2. The molecular formula is C20H29N3O3. The molecule has 3 amide bonds. The lowest BCUT2D eigenvalue weighted by atomic mass is 9.92. The maximum atomic E-state index is 12.4. The molecule has 0 aliphatic carbocycles. The summed E-state index contributed by atoms with van der Waals surface area (Å²) in [7, 11) is 1.61. The van der Waals surface area contributed by atoms with Crippen molar-refractivity contribution < 1.29 is 14.3 Å². The van der Waals surface area contributed by atoms with Crippen LogP contribution in [0.25, 0.3) is 0 Å². The second-order valence-corrected chi connectivity index (χ2v) is 7.23. The number of carbonyl (C=O) groups excluding carboxylic acids is 2. The Balaban J connectivity index is 1.37. The third kappa shape index (κ3) is 4.90. The van der Waals surface area contributed by atoms with Crippen molar-refractivity contribution in [1.82, 2.24) is 9.80 Å². The van der Waals surface area contributed by atoms with Gasteiger partial charge in [-0.25, -0.2) is 4.79 Å². The monoisotopic (exact) mass is 359 g/mol. The Kier molecular flexibility index (Phi) is 6.36. The summed E-state index contributed by atoms with van der Waals surface area (Å²) < 4.78 is 5.17. The quantitative estimate of drug-likeness (QED) is 0.877. The van der Waals surface area contributed by atoms with Crippen LogP contribution in [0.4, 0.5) is 10.5 Å². The number of piperidine rings is 1. The zero-order valence-electron chi connectivity index (χ0n) is 15.6. The summed E-state index contributed by atoms with van der Waals surface area (Å²) in [5.41, 5.74) is 0.764. The van der Waals surface area contributed by atoms with Gasteiger partial charge in [-0.2, -0.15) is 0 Å². The van der Waals surface area contributed by atoms with E-state index in [-0.39, 0.29) is 11.9 Å². The molecule has 2 aliphatic rings. The van der Waals surface area contributed by atoms with Gasteiger partial charge in [-0.15, -0.1) is 0 Å². The molecule has 6 heteroatoms. The molecule has 2 saturated heterocycles. The predicted molar refractivity (Wildman–Crippen MR) is 101 cm³/mol. The van der Waals surface area contributed by atoms with Crippen molar-refractivity contribution in [2.24, 2.45) is 5.92 Å². The van der Waals surface area contributed by atoms with Crippen molar-refractivity contribution in [3.63, 3.8) is 0 Å². The predicted octanol–water partition coefficient (Wildman–Crippen LogP) is 3.34. The van der Waals surface area contributed by atoms with E-state index in [1.54, 1.807) is 7.11 Å². The Morgan fingerprint density at radius 1 is 1.12 bits per heavy atom. The van der Waals surface area contributed by atoms with E-state index in [0.29, 0.717) is 12.3 Å². The minimum Gasteiger partial charge on any atom is -0.497 e. The largest absolute Gasteiger partial charge is 0.497 e. The first kappa shape index (κ1) is 18.5. The zero-order valence-corrected chi connectivity index (χ0v) is 15.6. The summed E-state index contributed by atoms with van der Waals surface area (Å²) in [4.78, 5) is 28.5. The second-order valence-electron chi connectivity index (χ2n) is 7.23. The van der Waals surface area contributed by atoms with Gasteiger partial charge in [-0.05, 0) is 50.2 Å². The Morgan fingerprint density at radius 3 is 2.50 bits per heavy atom. The molecule has 0 radical (unpaired) electrons. The van der Waals surface area contributed by atoms with Crippen molar-refractivity contribution in [3.05, 3.63) is 24.3 Å². The third-order valence-electron chi connectivity index (χ3n) is 5.39. The van der Waals surface area contributed by atoms with E-state index >= 15 is 0 Å². The highest BCUT2D eigenvalue weighted by Crippen LogP contribution is 2.24. The van der Waals surface area contributed by atoms with E-state index in [2.05, 4.69) is 5.32 Å². The number of amides is 3. The van der Waals surface area contributed by atoms with Crippen LogP contribution in [0.15, 0.2) is 24.3 Å². The highest BCUT2D eigenvalue weighted by atomic mass is 16.5.